The SMILES string of the molecule is Cn1nc(N)c2c(Oc3cc(F)ccc3Cl)c(NC(=O)c3cc(F)cc(C(F)(F)F)c3)cc(C#CCO)c21. The summed E-state index contributed by atoms with van der Waals surface area (Å²) in [5.74, 6) is 1.55. The number of aromatic nitrogens is 2. The fourth-order valence-electron chi connectivity index (χ4n) is 3.66. The van der Waals surface area contributed by atoms with Gasteiger partial charge in [-0.25, -0.2) is 8.78 Å². The van der Waals surface area contributed by atoms with Gasteiger partial charge in [0.25, 0.3) is 5.91 Å². The standard InChI is InChI=1S/C25H16ClF5N4O3/c1-35-21-12(3-2-6-36)9-18(33-24(37)13-7-14(25(29,30)31)10-16(28)8-13)22(20(21)23(32)34-35)38-19-11-15(27)4-5-17(19)26/h4-5,7-11,36H,6H2,1H3,(H2,32,34)(H,33,37). The Morgan fingerprint density at radius 3 is 2.61 bits per heavy atom. The third-order valence-electron chi connectivity index (χ3n) is 5.23. The van der Waals surface area contributed by atoms with Gasteiger partial charge in [-0.3, -0.25) is 9.48 Å². The lowest BCUT2D eigenvalue weighted by Gasteiger charge is -2.16. The van der Waals surface area contributed by atoms with Gasteiger partial charge in [0.2, 0.25) is 0 Å². The number of nitrogens with two attached hydrogens (primary N) is 1. The summed E-state index contributed by atoms with van der Waals surface area (Å²) in [7, 11) is 1.53. The Bertz CT molecular complexity index is 1640. The number of aryl methyl sites for hydroxylation is 1. The number of aliphatic hydroxyl groups excluding tert-OH is 1. The summed E-state index contributed by atoms with van der Waals surface area (Å²) in [6, 6.07) is 5.92. The second-order valence-electron chi connectivity index (χ2n) is 7.85. The molecular formula is C25H16ClF5N4O3. The van der Waals surface area contributed by atoms with Gasteiger partial charge in [0.15, 0.2) is 11.6 Å². The van der Waals surface area contributed by atoms with Crippen molar-refractivity contribution < 1.29 is 36.6 Å². The van der Waals surface area contributed by atoms with Crippen molar-refractivity contribution in [3.05, 3.63) is 75.8 Å². The molecule has 0 atom stereocenters. The molecule has 38 heavy (non-hydrogen) atoms. The topological polar surface area (TPSA) is 102 Å². The van der Waals surface area contributed by atoms with Crippen LogP contribution in [0.15, 0.2) is 42.5 Å². The molecule has 13 heteroatoms. The van der Waals surface area contributed by atoms with Crippen molar-refractivity contribution in [1.82, 2.24) is 9.78 Å². The Morgan fingerprint density at radius 1 is 1.18 bits per heavy atom. The van der Waals surface area contributed by atoms with E-state index in [9.17, 15) is 26.7 Å². The second kappa shape index (κ2) is 10.2. The number of nitrogens with one attached hydrogen (secondary N) is 1. The molecule has 1 amide bonds. The number of amides is 1. The van der Waals surface area contributed by atoms with Crippen LogP contribution in [0.4, 0.5) is 33.5 Å². The maximum Gasteiger partial charge on any atom is 0.416 e. The average Bonchev–Trinajstić information content (AvgIpc) is 3.14. The van der Waals surface area contributed by atoms with Gasteiger partial charge in [0.1, 0.15) is 24.0 Å². The predicted molar refractivity (Wildman–Crippen MR) is 130 cm³/mol. The molecule has 0 bridgehead atoms. The van der Waals surface area contributed by atoms with E-state index in [1.807, 2.05) is 0 Å². The minimum absolute atomic E-state index is 0.0108. The van der Waals surface area contributed by atoms with Gasteiger partial charge in [0.05, 0.1) is 32.7 Å². The fourth-order valence-corrected chi connectivity index (χ4v) is 3.82. The molecule has 1 heterocycles. The van der Waals surface area contributed by atoms with E-state index in [0.29, 0.717) is 17.6 Å². The minimum atomic E-state index is -4.91. The normalized spacial score (nSPS) is 11.3. The van der Waals surface area contributed by atoms with Crippen LogP contribution < -0.4 is 15.8 Å². The summed E-state index contributed by atoms with van der Waals surface area (Å²) in [6.07, 6.45) is -4.91. The van der Waals surface area contributed by atoms with E-state index >= 15 is 0 Å². The minimum Gasteiger partial charge on any atom is -0.453 e. The first kappa shape index (κ1) is 26.7. The van der Waals surface area contributed by atoms with Crippen molar-refractivity contribution in [2.45, 2.75) is 6.18 Å². The van der Waals surface area contributed by atoms with Gasteiger partial charge in [-0.15, -0.1) is 0 Å². The predicted octanol–water partition coefficient (Wildman–Crippen LogP) is 5.49. The summed E-state index contributed by atoms with van der Waals surface area (Å²) in [5, 5.41) is 15.8. The van der Waals surface area contributed by atoms with E-state index in [1.54, 1.807) is 0 Å². The summed E-state index contributed by atoms with van der Waals surface area (Å²) >= 11 is 6.14. The molecule has 0 fully saturated rings. The van der Waals surface area contributed by atoms with Crippen LogP contribution in [-0.2, 0) is 13.2 Å². The second-order valence-corrected chi connectivity index (χ2v) is 8.26. The molecule has 7 nitrogen and oxygen atoms in total. The molecule has 0 saturated carbocycles. The molecule has 0 aliphatic carbocycles. The largest absolute Gasteiger partial charge is 0.453 e. The number of carbonyl (C=O) groups is 1. The van der Waals surface area contributed by atoms with E-state index in [2.05, 4.69) is 22.3 Å². The molecule has 0 unspecified atom stereocenters. The highest BCUT2D eigenvalue weighted by molar-refractivity contribution is 6.32. The molecule has 4 N–H and O–H groups in total. The first-order valence-electron chi connectivity index (χ1n) is 10.6. The van der Waals surface area contributed by atoms with Crippen molar-refractivity contribution in [2.75, 3.05) is 17.7 Å². The van der Waals surface area contributed by atoms with Gasteiger partial charge < -0.3 is 20.9 Å². The molecule has 1 aromatic heterocycles. The van der Waals surface area contributed by atoms with Crippen molar-refractivity contribution in [3.8, 4) is 23.3 Å². The van der Waals surface area contributed by atoms with Crippen LogP contribution in [0.1, 0.15) is 21.5 Å². The number of nitrogen functional groups attached to an aromatic ring is 1. The first-order chi connectivity index (χ1) is 17.9. The fraction of sp³-hybridized carbons (Fsp3) is 0.120. The van der Waals surface area contributed by atoms with Crippen molar-refractivity contribution >= 4 is 39.9 Å². The number of anilines is 2. The van der Waals surface area contributed by atoms with Gasteiger partial charge >= 0.3 is 6.18 Å². The van der Waals surface area contributed by atoms with E-state index < -0.39 is 41.5 Å². The summed E-state index contributed by atoms with van der Waals surface area (Å²) in [6.45, 7) is -0.517. The number of hydrogen-bond donors (Lipinski definition) is 3. The molecule has 196 valence electrons. The van der Waals surface area contributed by atoms with Crippen LogP contribution in [-0.4, -0.2) is 27.4 Å². The highest BCUT2D eigenvalue weighted by Gasteiger charge is 2.32. The lowest BCUT2D eigenvalue weighted by Crippen LogP contribution is -2.15. The van der Waals surface area contributed by atoms with E-state index in [0.717, 1.165) is 12.1 Å². The maximum atomic E-state index is 13.9. The van der Waals surface area contributed by atoms with Crippen LogP contribution >= 0.6 is 11.6 Å². The van der Waals surface area contributed by atoms with Gasteiger partial charge in [0, 0.05) is 18.7 Å². The van der Waals surface area contributed by atoms with E-state index in [-0.39, 0.29) is 45.0 Å². The van der Waals surface area contributed by atoms with Crippen LogP contribution in [0.25, 0.3) is 10.9 Å². The average molecular weight is 551 g/mol. The number of hydrogen-bond acceptors (Lipinski definition) is 5. The molecular weight excluding hydrogens is 535 g/mol. The molecule has 4 aromatic rings. The van der Waals surface area contributed by atoms with Crippen LogP contribution in [0.3, 0.4) is 0 Å². The molecule has 0 aliphatic heterocycles. The third kappa shape index (κ3) is 5.34. The molecule has 4 rings (SSSR count). The van der Waals surface area contributed by atoms with E-state index in [1.165, 1.54) is 23.9 Å². The Labute approximate surface area is 216 Å². The van der Waals surface area contributed by atoms with Crippen molar-refractivity contribution in [1.29, 1.82) is 0 Å². The number of halogens is 6. The first-order valence-corrected chi connectivity index (χ1v) is 11.0. The van der Waals surface area contributed by atoms with Crippen LogP contribution in [0.5, 0.6) is 11.5 Å². The quantitative estimate of drug-likeness (QED) is 0.230. The zero-order valence-corrected chi connectivity index (χ0v) is 20.0. The van der Waals surface area contributed by atoms with Crippen LogP contribution in [0, 0.1) is 23.5 Å². The summed E-state index contributed by atoms with van der Waals surface area (Å²) < 4.78 is 74.6. The Morgan fingerprint density at radius 2 is 1.92 bits per heavy atom. The lowest BCUT2D eigenvalue weighted by atomic mass is 10.1. The number of alkyl halides is 3. The van der Waals surface area contributed by atoms with Gasteiger partial charge in [-0.1, -0.05) is 23.4 Å². The number of aliphatic hydroxyl groups is 1. The third-order valence-corrected chi connectivity index (χ3v) is 5.54. The highest BCUT2D eigenvalue weighted by Crippen LogP contribution is 2.43. The zero-order chi connectivity index (χ0) is 27.8. The van der Waals surface area contributed by atoms with E-state index in [4.69, 9.17) is 27.2 Å². The number of ether oxygens (including phenoxy) is 1. The number of fused-ring (bicyclic) bond motifs is 1. The van der Waals surface area contributed by atoms with Gasteiger partial charge in [-0.05, 0) is 36.4 Å². The summed E-state index contributed by atoms with van der Waals surface area (Å²) in [4.78, 5) is 13.0. The Balaban J connectivity index is 1.93. The number of benzene rings is 3. The number of rotatable bonds is 4. The summed E-state index contributed by atoms with van der Waals surface area (Å²) in [5.41, 5.74) is 4.40. The zero-order valence-electron chi connectivity index (χ0n) is 19.3. The number of nitrogens with zero attached hydrogens (tertiary/aromatic N) is 2. The highest BCUT2D eigenvalue weighted by atomic mass is 35.5. The van der Waals surface area contributed by atoms with Gasteiger partial charge in [-0.2, -0.15) is 18.3 Å². The monoisotopic (exact) mass is 550 g/mol. The Hall–Kier alpha value is -4.34. The molecule has 0 spiro atoms. The Kier molecular flexibility index (Phi) is 7.17. The van der Waals surface area contributed by atoms with Crippen molar-refractivity contribution in [2.24, 2.45) is 7.05 Å². The number of carbonyl (C=O) groups excluding carboxylic acids is 1. The lowest BCUT2D eigenvalue weighted by molar-refractivity contribution is -0.137. The molecule has 0 saturated heterocycles. The maximum absolute atomic E-state index is 13.9. The smallest absolute Gasteiger partial charge is 0.416 e. The van der Waals surface area contributed by atoms with Crippen LogP contribution in [0.2, 0.25) is 5.02 Å². The molecule has 0 radical (unpaired) electrons. The molecule has 3 aromatic carbocycles. The van der Waals surface area contributed by atoms with Crippen molar-refractivity contribution in [3.63, 3.8) is 0 Å². The molecule has 0 aliphatic rings.